The largest absolute Gasteiger partial charge is 0.310 e. The lowest BCUT2D eigenvalue weighted by Crippen LogP contribution is -2.22. The van der Waals surface area contributed by atoms with Crippen molar-refractivity contribution >= 4 is 0 Å². The Morgan fingerprint density at radius 1 is 1.22 bits per heavy atom. The first kappa shape index (κ1) is 12.7. The molecule has 0 bridgehead atoms. The van der Waals surface area contributed by atoms with Crippen molar-refractivity contribution in [2.45, 2.75) is 19.4 Å². The van der Waals surface area contributed by atoms with Crippen LogP contribution in [0.4, 0.5) is 4.39 Å². The van der Waals surface area contributed by atoms with Crippen molar-refractivity contribution in [2.75, 3.05) is 6.54 Å². The molecular formula is C15H17FN2. The lowest BCUT2D eigenvalue weighted by atomic mass is 10.1. The molecular weight excluding hydrogens is 227 g/mol. The van der Waals surface area contributed by atoms with Crippen LogP contribution in [-0.4, -0.2) is 11.5 Å². The summed E-state index contributed by atoms with van der Waals surface area (Å²) < 4.78 is 13.5. The van der Waals surface area contributed by atoms with E-state index in [1.807, 2.05) is 37.4 Å². The van der Waals surface area contributed by atoms with E-state index in [1.165, 1.54) is 11.6 Å². The molecule has 18 heavy (non-hydrogen) atoms. The molecule has 1 aromatic carbocycles. The Balaban J connectivity index is 1.86. The molecule has 1 atom stereocenters. The first-order valence-electron chi connectivity index (χ1n) is 6.14. The van der Waals surface area contributed by atoms with Crippen LogP contribution in [0.25, 0.3) is 0 Å². The molecule has 0 saturated carbocycles. The van der Waals surface area contributed by atoms with Crippen LogP contribution >= 0.6 is 0 Å². The number of hydrogen-bond acceptors (Lipinski definition) is 2. The number of halogens is 1. The van der Waals surface area contributed by atoms with Gasteiger partial charge in [0.05, 0.1) is 0 Å². The fourth-order valence-corrected chi connectivity index (χ4v) is 1.92. The highest BCUT2D eigenvalue weighted by Crippen LogP contribution is 2.15. The molecule has 0 amide bonds. The second-order valence-corrected chi connectivity index (χ2v) is 4.31. The van der Waals surface area contributed by atoms with Crippen LogP contribution in [0, 0.1) is 5.82 Å². The van der Waals surface area contributed by atoms with Gasteiger partial charge in [-0.1, -0.05) is 24.3 Å². The maximum absolute atomic E-state index is 13.5. The zero-order valence-electron chi connectivity index (χ0n) is 10.4. The second-order valence-electron chi connectivity index (χ2n) is 4.31. The van der Waals surface area contributed by atoms with Crippen molar-refractivity contribution in [1.29, 1.82) is 0 Å². The van der Waals surface area contributed by atoms with Crippen molar-refractivity contribution in [3.8, 4) is 0 Å². The van der Waals surface area contributed by atoms with E-state index < -0.39 is 0 Å². The number of hydrogen-bond donors (Lipinski definition) is 1. The number of pyridine rings is 1. The fourth-order valence-electron chi connectivity index (χ4n) is 1.92. The lowest BCUT2D eigenvalue weighted by molar-refractivity contribution is 0.530. The smallest absolute Gasteiger partial charge is 0.127 e. The summed E-state index contributed by atoms with van der Waals surface area (Å²) in [6.45, 7) is 2.78. The molecule has 2 nitrogen and oxygen atoms in total. The lowest BCUT2D eigenvalue weighted by Gasteiger charge is -2.14. The van der Waals surface area contributed by atoms with Gasteiger partial charge in [-0.3, -0.25) is 4.98 Å². The van der Waals surface area contributed by atoms with Gasteiger partial charge in [0.2, 0.25) is 0 Å². The number of benzene rings is 1. The molecule has 1 heterocycles. The molecule has 0 aliphatic rings. The zero-order chi connectivity index (χ0) is 12.8. The predicted molar refractivity (Wildman–Crippen MR) is 70.8 cm³/mol. The van der Waals surface area contributed by atoms with Gasteiger partial charge in [-0.25, -0.2) is 4.39 Å². The summed E-state index contributed by atoms with van der Waals surface area (Å²) in [5.74, 6) is -0.154. The number of rotatable bonds is 5. The number of nitrogens with zero attached hydrogens (tertiary/aromatic N) is 1. The molecule has 0 saturated heterocycles. The normalized spacial score (nSPS) is 12.3. The van der Waals surface area contributed by atoms with Gasteiger partial charge in [0.15, 0.2) is 0 Å². The Kier molecular flexibility index (Phi) is 4.42. The Labute approximate surface area is 107 Å². The van der Waals surface area contributed by atoms with Crippen molar-refractivity contribution in [1.82, 2.24) is 10.3 Å². The summed E-state index contributed by atoms with van der Waals surface area (Å²) in [4.78, 5) is 4.07. The minimum absolute atomic E-state index is 0.0165. The van der Waals surface area contributed by atoms with Crippen LogP contribution in [0.5, 0.6) is 0 Å². The summed E-state index contributed by atoms with van der Waals surface area (Å²) in [6.07, 6.45) is 4.51. The molecule has 0 radical (unpaired) electrons. The Morgan fingerprint density at radius 3 is 2.78 bits per heavy atom. The van der Waals surface area contributed by atoms with Crippen molar-refractivity contribution in [3.63, 3.8) is 0 Å². The number of aromatic nitrogens is 1. The highest BCUT2D eigenvalue weighted by Gasteiger charge is 2.08. The minimum atomic E-state index is -0.154. The highest BCUT2D eigenvalue weighted by atomic mass is 19.1. The third-order valence-electron chi connectivity index (χ3n) is 2.96. The zero-order valence-corrected chi connectivity index (χ0v) is 10.4. The molecule has 0 aliphatic carbocycles. The van der Waals surface area contributed by atoms with Crippen LogP contribution in [0.2, 0.25) is 0 Å². The quantitative estimate of drug-likeness (QED) is 0.874. The minimum Gasteiger partial charge on any atom is -0.310 e. The average Bonchev–Trinajstić information content (AvgIpc) is 2.40. The van der Waals surface area contributed by atoms with Gasteiger partial charge in [-0.15, -0.1) is 0 Å². The van der Waals surface area contributed by atoms with E-state index in [1.54, 1.807) is 12.3 Å². The molecule has 1 unspecified atom stereocenters. The third kappa shape index (κ3) is 3.37. The van der Waals surface area contributed by atoms with Gasteiger partial charge < -0.3 is 5.32 Å². The van der Waals surface area contributed by atoms with E-state index in [0.29, 0.717) is 5.56 Å². The molecule has 0 spiro atoms. The standard InChI is InChI=1S/C15H17FN2/c1-12(14-6-2-3-7-15(14)16)18-10-8-13-5-4-9-17-11-13/h2-7,9,11-12,18H,8,10H2,1H3. The third-order valence-corrected chi connectivity index (χ3v) is 2.96. The summed E-state index contributed by atoms with van der Waals surface area (Å²) in [6, 6.07) is 10.9. The van der Waals surface area contributed by atoms with Crippen LogP contribution in [0.1, 0.15) is 24.1 Å². The topological polar surface area (TPSA) is 24.9 Å². The van der Waals surface area contributed by atoms with Crippen molar-refractivity contribution in [3.05, 3.63) is 65.7 Å². The molecule has 0 fully saturated rings. The van der Waals surface area contributed by atoms with Gasteiger partial charge in [0.25, 0.3) is 0 Å². The highest BCUT2D eigenvalue weighted by molar-refractivity contribution is 5.20. The van der Waals surface area contributed by atoms with Crippen LogP contribution in [0.15, 0.2) is 48.8 Å². The Morgan fingerprint density at radius 2 is 2.06 bits per heavy atom. The maximum atomic E-state index is 13.5. The van der Waals surface area contributed by atoms with Gasteiger partial charge in [-0.05, 0) is 37.6 Å². The molecule has 94 valence electrons. The first-order valence-corrected chi connectivity index (χ1v) is 6.14. The van der Waals surface area contributed by atoms with Crippen LogP contribution < -0.4 is 5.32 Å². The molecule has 0 aliphatic heterocycles. The van der Waals surface area contributed by atoms with Crippen molar-refractivity contribution in [2.24, 2.45) is 0 Å². The maximum Gasteiger partial charge on any atom is 0.127 e. The second kappa shape index (κ2) is 6.26. The molecule has 3 heteroatoms. The predicted octanol–water partition coefficient (Wildman–Crippen LogP) is 3.11. The Hall–Kier alpha value is -1.74. The average molecular weight is 244 g/mol. The van der Waals surface area contributed by atoms with Crippen molar-refractivity contribution < 1.29 is 4.39 Å². The van der Waals surface area contributed by atoms with E-state index in [2.05, 4.69) is 10.3 Å². The van der Waals surface area contributed by atoms with Gasteiger partial charge >= 0.3 is 0 Å². The molecule has 1 N–H and O–H groups in total. The first-order chi connectivity index (χ1) is 8.77. The molecule has 2 rings (SSSR count). The van der Waals surface area contributed by atoms with E-state index in [0.717, 1.165) is 13.0 Å². The van der Waals surface area contributed by atoms with E-state index in [4.69, 9.17) is 0 Å². The molecule has 2 aromatic rings. The SMILES string of the molecule is CC(NCCc1cccnc1)c1ccccc1F. The molecule has 1 aromatic heterocycles. The van der Waals surface area contributed by atoms with E-state index >= 15 is 0 Å². The monoisotopic (exact) mass is 244 g/mol. The van der Waals surface area contributed by atoms with Gasteiger partial charge in [-0.2, -0.15) is 0 Å². The fraction of sp³-hybridized carbons (Fsp3) is 0.267. The summed E-state index contributed by atoms with van der Waals surface area (Å²) in [7, 11) is 0. The van der Waals surface area contributed by atoms with Gasteiger partial charge in [0, 0.05) is 24.0 Å². The Bertz CT molecular complexity index is 485. The van der Waals surface area contributed by atoms with Crippen LogP contribution in [0.3, 0.4) is 0 Å². The van der Waals surface area contributed by atoms with E-state index in [-0.39, 0.29) is 11.9 Å². The summed E-state index contributed by atoms with van der Waals surface area (Å²) in [5.41, 5.74) is 1.90. The van der Waals surface area contributed by atoms with E-state index in [9.17, 15) is 4.39 Å². The summed E-state index contributed by atoms with van der Waals surface area (Å²) in [5, 5.41) is 3.32. The van der Waals surface area contributed by atoms with Gasteiger partial charge in [0.1, 0.15) is 5.82 Å². The number of nitrogens with one attached hydrogen (secondary N) is 1. The summed E-state index contributed by atoms with van der Waals surface area (Å²) >= 11 is 0. The van der Waals surface area contributed by atoms with Crippen LogP contribution in [-0.2, 0) is 6.42 Å².